The minimum Gasteiger partial charge on any atom is -0.396 e. The van der Waals surface area contributed by atoms with E-state index in [1.165, 1.54) is 20.3 Å². The molecule has 198 valence electrons. The van der Waals surface area contributed by atoms with Gasteiger partial charge in [0.05, 0.1) is 41.6 Å². The van der Waals surface area contributed by atoms with Crippen LogP contribution in [0.2, 0.25) is 0 Å². The molecule has 10 nitrogen and oxygen atoms in total. The molecule has 3 N–H and O–H groups in total. The molecule has 1 spiro atoms. The summed E-state index contributed by atoms with van der Waals surface area (Å²) in [6.07, 6.45) is 8.77. The Morgan fingerprint density at radius 3 is 2.73 bits per heavy atom. The molecule has 11 heteroatoms. The predicted octanol–water partition coefficient (Wildman–Crippen LogP) is 3.94. The molecule has 2 aliphatic heterocycles. The molecule has 2 saturated heterocycles. The summed E-state index contributed by atoms with van der Waals surface area (Å²) in [5.41, 5.74) is 0.915. The summed E-state index contributed by atoms with van der Waals surface area (Å²) >= 11 is 0. The number of amides is 2. The number of hydrogen-bond donors (Lipinski definition) is 3. The number of aromatic amines is 1. The third kappa shape index (κ3) is 4.32. The first kappa shape index (κ1) is 24.1. The fourth-order valence-corrected chi connectivity index (χ4v) is 5.86. The topological polar surface area (TPSA) is 115 Å². The summed E-state index contributed by atoms with van der Waals surface area (Å²) in [7, 11) is 0. The van der Waals surface area contributed by atoms with E-state index in [1.54, 1.807) is 17.1 Å². The number of carbonyl (C=O) groups is 1. The van der Waals surface area contributed by atoms with Crippen LogP contribution in [0.5, 0.6) is 0 Å². The monoisotopic (exact) mass is 510 g/mol. The fourth-order valence-electron chi connectivity index (χ4n) is 5.86. The van der Waals surface area contributed by atoms with Crippen molar-refractivity contribution >= 4 is 28.4 Å². The van der Waals surface area contributed by atoms with E-state index in [2.05, 4.69) is 25.4 Å². The number of rotatable bonds is 6. The molecule has 1 saturated carbocycles. The van der Waals surface area contributed by atoms with Gasteiger partial charge >= 0.3 is 6.03 Å². The van der Waals surface area contributed by atoms with E-state index < -0.39 is 5.67 Å². The maximum atomic E-state index is 14.7. The zero-order valence-corrected chi connectivity index (χ0v) is 21.7. The molecule has 0 atom stereocenters. The molecule has 2 amide bonds. The number of carbonyl (C=O) groups excluding carboxylic acids is 1. The van der Waals surface area contributed by atoms with Crippen LogP contribution in [0.3, 0.4) is 0 Å². The number of likely N-dealkylation sites (tertiary alicyclic amines) is 1. The van der Waals surface area contributed by atoms with Gasteiger partial charge in [0, 0.05) is 36.8 Å². The number of halogens is 1. The first-order valence-corrected chi connectivity index (χ1v) is 13.1. The van der Waals surface area contributed by atoms with Crippen molar-refractivity contribution < 1.29 is 14.3 Å². The normalized spacial score (nSPS) is 20.4. The van der Waals surface area contributed by atoms with E-state index in [4.69, 9.17) is 5.10 Å². The van der Waals surface area contributed by atoms with Gasteiger partial charge < -0.3 is 20.2 Å². The summed E-state index contributed by atoms with van der Waals surface area (Å²) in [6.45, 7) is 7.41. The maximum Gasteiger partial charge on any atom is 0.322 e. The Bertz CT molecular complexity index is 1330. The molecule has 3 aromatic heterocycles. The highest BCUT2D eigenvalue weighted by atomic mass is 19.1. The van der Waals surface area contributed by atoms with Gasteiger partial charge in [0.25, 0.3) is 0 Å². The van der Waals surface area contributed by atoms with Gasteiger partial charge in [-0.25, -0.2) is 9.18 Å². The summed E-state index contributed by atoms with van der Waals surface area (Å²) < 4.78 is 16.4. The summed E-state index contributed by atoms with van der Waals surface area (Å²) in [5, 5.41) is 25.5. The second-order valence-corrected chi connectivity index (χ2v) is 12.0. The quantitative estimate of drug-likeness (QED) is 0.463. The Labute approximate surface area is 215 Å². The van der Waals surface area contributed by atoms with Crippen LogP contribution in [0.4, 0.5) is 20.7 Å². The van der Waals surface area contributed by atoms with E-state index in [9.17, 15) is 14.3 Å². The number of urea groups is 1. The van der Waals surface area contributed by atoms with E-state index in [0.717, 1.165) is 48.9 Å². The number of nitrogens with zero attached hydrogens (tertiary/aromatic N) is 6. The number of aliphatic hydroxyl groups excluding tert-OH is 1. The molecule has 0 aromatic carbocycles. The molecule has 3 fully saturated rings. The van der Waals surface area contributed by atoms with Crippen molar-refractivity contribution in [1.82, 2.24) is 29.9 Å². The van der Waals surface area contributed by atoms with Crippen LogP contribution in [-0.2, 0) is 6.54 Å². The standard InChI is InChI=1S/C26H35FN8O2/c1-24(2,27)13-35-20-10-18(28-11-17(20)22(32-35)33-14-25(3,15-33)16-36)21-19(12-29-31-21)30-23(37)34-9-5-4-6-26(34)7-8-26/h10-12,36H,4-9,13-16H2,1-3H3,(H,29,31)(H,30,37). The van der Waals surface area contributed by atoms with Crippen LogP contribution in [0, 0.1) is 5.41 Å². The lowest BCUT2D eigenvalue weighted by atomic mass is 9.83. The molecule has 3 aromatic rings. The number of piperidine rings is 1. The SMILES string of the molecule is CC(C)(F)Cn1nc(N2CC(C)(CO)C2)c2cnc(-c3[nH]ncc3NC(=O)N3CCCCC34CC4)cc21. The number of aromatic nitrogens is 5. The summed E-state index contributed by atoms with van der Waals surface area (Å²) in [5.74, 6) is 0.738. The van der Waals surface area contributed by atoms with Crippen LogP contribution in [0.25, 0.3) is 22.3 Å². The van der Waals surface area contributed by atoms with Crippen LogP contribution in [-0.4, -0.2) is 78.4 Å². The zero-order chi connectivity index (χ0) is 26.0. The van der Waals surface area contributed by atoms with Gasteiger partial charge in [0.2, 0.25) is 0 Å². The smallest absolute Gasteiger partial charge is 0.322 e. The minimum absolute atomic E-state index is 0.0361. The van der Waals surface area contributed by atoms with Crippen LogP contribution >= 0.6 is 0 Å². The van der Waals surface area contributed by atoms with Gasteiger partial charge in [-0.3, -0.25) is 14.8 Å². The average Bonchev–Trinajstić information content (AvgIpc) is 3.29. The van der Waals surface area contributed by atoms with Crippen LogP contribution < -0.4 is 10.2 Å². The molecule has 1 aliphatic carbocycles. The molecular weight excluding hydrogens is 475 g/mol. The van der Waals surface area contributed by atoms with Crippen molar-refractivity contribution in [1.29, 1.82) is 0 Å². The highest BCUT2D eigenvalue weighted by Crippen LogP contribution is 2.48. The maximum absolute atomic E-state index is 14.7. The van der Waals surface area contributed by atoms with E-state index in [0.29, 0.717) is 30.2 Å². The van der Waals surface area contributed by atoms with Gasteiger partial charge in [-0.2, -0.15) is 10.2 Å². The fraction of sp³-hybridized carbons (Fsp3) is 0.615. The summed E-state index contributed by atoms with van der Waals surface area (Å²) in [6, 6.07) is 1.77. The first-order chi connectivity index (χ1) is 17.6. The second-order valence-electron chi connectivity index (χ2n) is 12.0. The Balaban J connectivity index is 1.31. The van der Waals surface area contributed by atoms with E-state index in [1.807, 2.05) is 17.9 Å². The number of anilines is 2. The zero-order valence-electron chi connectivity index (χ0n) is 21.7. The van der Waals surface area contributed by atoms with Crippen molar-refractivity contribution in [3.63, 3.8) is 0 Å². The molecule has 5 heterocycles. The lowest BCUT2D eigenvalue weighted by Crippen LogP contribution is -2.57. The third-order valence-corrected chi connectivity index (χ3v) is 8.02. The summed E-state index contributed by atoms with van der Waals surface area (Å²) in [4.78, 5) is 22.0. The van der Waals surface area contributed by atoms with Gasteiger partial charge in [-0.15, -0.1) is 0 Å². The van der Waals surface area contributed by atoms with Crippen LogP contribution in [0.15, 0.2) is 18.5 Å². The Hall–Kier alpha value is -3.21. The van der Waals surface area contributed by atoms with Crippen molar-refractivity contribution in [2.45, 2.75) is 70.6 Å². The van der Waals surface area contributed by atoms with Gasteiger partial charge in [0.15, 0.2) is 5.82 Å². The number of fused-ring (bicyclic) bond motifs is 1. The van der Waals surface area contributed by atoms with Crippen molar-refractivity contribution in [2.75, 3.05) is 36.5 Å². The number of aliphatic hydroxyl groups is 1. The van der Waals surface area contributed by atoms with E-state index >= 15 is 0 Å². The van der Waals surface area contributed by atoms with Crippen molar-refractivity contribution in [2.24, 2.45) is 5.41 Å². The lowest BCUT2D eigenvalue weighted by Gasteiger charge is -2.47. The molecular formula is C26H35FN8O2. The van der Waals surface area contributed by atoms with Gasteiger partial charge in [-0.05, 0) is 52.0 Å². The largest absolute Gasteiger partial charge is 0.396 e. The lowest BCUT2D eigenvalue weighted by molar-refractivity contribution is 0.110. The van der Waals surface area contributed by atoms with Gasteiger partial charge in [0.1, 0.15) is 11.4 Å². The Morgan fingerprint density at radius 2 is 2.03 bits per heavy atom. The Kier molecular flexibility index (Phi) is 5.48. The molecule has 6 rings (SSSR count). The minimum atomic E-state index is -1.46. The average molecular weight is 511 g/mol. The number of nitrogens with one attached hydrogen (secondary N) is 2. The third-order valence-electron chi connectivity index (χ3n) is 8.02. The van der Waals surface area contributed by atoms with Crippen LogP contribution in [0.1, 0.15) is 52.9 Å². The highest BCUT2D eigenvalue weighted by molar-refractivity contribution is 5.96. The number of pyridine rings is 1. The van der Waals surface area contributed by atoms with Crippen molar-refractivity contribution in [3.05, 3.63) is 18.5 Å². The van der Waals surface area contributed by atoms with Crippen molar-refractivity contribution in [3.8, 4) is 11.4 Å². The molecule has 3 aliphatic rings. The first-order valence-electron chi connectivity index (χ1n) is 13.1. The molecule has 37 heavy (non-hydrogen) atoms. The Morgan fingerprint density at radius 1 is 1.24 bits per heavy atom. The second kappa shape index (κ2) is 8.41. The molecule has 0 unspecified atom stereocenters. The van der Waals surface area contributed by atoms with Gasteiger partial charge in [-0.1, -0.05) is 6.92 Å². The number of alkyl halides is 1. The number of hydrogen-bond acceptors (Lipinski definition) is 6. The predicted molar refractivity (Wildman–Crippen MR) is 139 cm³/mol. The highest BCUT2D eigenvalue weighted by Gasteiger charge is 2.51. The molecule has 0 radical (unpaired) electrons. The van der Waals surface area contributed by atoms with E-state index in [-0.39, 0.29) is 30.1 Å². The number of H-pyrrole nitrogens is 1. The molecule has 0 bridgehead atoms.